The molecule has 0 fully saturated rings. The number of thioether (sulfide) groups is 1. The first-order valence-electron chi connectivity index (χ1n) is 8.48. The number of carbonyl (C=O) groups is 1. The number of nitroso groups, excluding NO2 is 1. The number of hydrogen-bond donors (Lipinski definition) is 2. The third kappa shape index (κ3) is 5.17. The van der Waals surface area contributed by atoms with Gasteiger partial charge in [-0.25, -0.2) is 18.1 Å². The number of aromatic amines is 1. The van der Waals surface area contributed by atoms with Gasteiger partial charge in [-0.2, -0.15) is 0 Å². The fourth-order valence-corrected chi connectivity index (χ4v) is 3.92. The van der Waals surface area contributed by atoms with Gasteiger partial charge < -0.3 is 0 Å². The number of rotatable bonds is 8. The SMILES string of the molecule is CNS(=O)(=O)c1cccc(-c2cc(-c3nc(SCC(=O)N=O)n[nH]3)cc([N+](=O)[O-])c2)c1. The first kappa shape index (κ1) is 22.2. The molecule has 3 aromatic rings. The van der Waals surface area contributed by atoms with Crippen molar-refractivity contribution in [2.24, 2.45) is 5.18 Å². The zero-order chi connectivity index (χ0) is 22.6. The van der Waals surface area contributed by atoms with E-state index in [1.54, 1.807) is 12.1 Å². The van der Waals surface area contributed by atoms with Crippen molar-refractivity contribution in [3.63, 3.8) is 0 Å². The molecule has 0 atom stereocenters. The zero-order valence-corrected chi connectivity index (χ0v) is 17.4. The monoisotopic (exact) mass is 462 g/mol. The Morgan fingerprint density at radius 2 is 1.97 bits per heavy atom. The Morgan fingerprint density at radius 1 is 1.23 bits per heavy atom. The Hall–Kier alpha value is -3.49. The summed E-state index contributed by atoms with van der Waals surface area (Å²) in [4.78, 5) is 36.2. The number of nitro groups is 1. The molecule has 1 heterocycles. The molecule has 0 radical (unpaired) electrons. The van der Waals surface area contributed by atoms with E-state index in [1.807, 2.05) is 0 Å². The van der Waals surface area contributed by atoms with E-state index in [0.717, 1.165) is 11.8 Å². The fourth-order valence-electron chi connectivity index (χ4n) is 2.57. The molecule has 0 saturated heterocycles. The van der Waals surface area contributed by atoms with Crippen molar-refractivity contribution in [2.45, 2.75) is 10.1 Å². The molecule has 0 aliphatic heterocycles. The van der Waals surface area contributed by atoms with Crippen LogP contribution in [0.4, 0.5) is 5.69 Å². The highest BCUT2D eigenvalue weighted by Crippen LogP contribution is 2.31. The van der Waals surface area contributed by atoms with Crippen LogP contribution in [0.25, 0.3) is 22.5 Å². The van der Waals surface area contributed by atoms with Crippen LogP contribution in [0.5, 0.6) is 0 Å². The Labute approximate surface area is 179 Å². The van der Waals surface area contributed by atoms with Crippen molar-refractivity contribution in [1.29, 1.82) is 0 Å². The summed E-state index contributed by atoms with van der Waals surface area (Å²) in [6, 6.07) is 10.1. The quantitative estimate of drug-likeness (QED) is 0.220. The standard InChI is InChI=1S/C17H14N6O6S2/c1-18-31(28,29)14-4-2-3-10(8-14)11-5-12(7-13(6-11)23(26)27)16-19-17(21-20-16)30-9-15(24)22-25/h2-8,18H,9H2,1H3,(H,19,20,21). The van der Waals surface area contributed by atoms with Gasteiger partial charge in [-0.3, -0.25) is 20.0 Å². The lowest BCUT2D eigenvalue weighted by Crippen LogP contribution is -2.18. The molecule has 0 saturated carbocycles. The first-order valence-corrected chi connectivity index (χ1v) is 11.0. The molecular weight excluding hydrogens is 448 g/mol. The minimum atomic E-state index is -3.70. The summed E-state index contributed by atoms with van der Waals surface area (Å²) >= 11 is 0.883. The van der Waals surface area contributed by atoms with Crippen LogP contribution in [-0.2, 0) is 14.8 Å². The highest BCUT2D eigenvalue weighted by Gasteiger charge is 2.17. The van der Waals surface area contributed by atoms with E-state index in [2.05, 4.69) is 25.1 Å². The lowest BCUT2D eigenvalue weighted by atomic mass is 10.0. The maximum atomic E-state index is 12.1. The molecule has 2 N–H and O–H groups in total. The van der Waals surface area contributed by atoms with Crippen LogP contribution in [0.2, 0.25) is 0 Å². The fraction of sp³-hybridized carbons (Fsp3) is 0.118. The first-order chi connectivity index (χ1) is 14.7. The number of hydrogen-bond acceptors (Lipinski definition) is 9. The maximum absolute atomic E-state index is 12.1. The van der Waals surface area contributed by atoms with Gasteiger partial charge in [0.1, 0.15) is 0 Å². The summed E-state index contributed by atoms with van der Waals surface area (Å²) in [6.07, 6.45) is 0. The predicted molar refractivity (Wildman–Crippen MR) is 112 cm³/mol. The van der Waals surface area contributed by atoms with Crippen LogP contribution in [0, 0.1) is 15.0 Å². The molecule has 0 unspecified atom stereocenters. The van der Waals surface area contributed by atoms with Gasteiger partial charge in [0.25, 0.3) is 11.6 Å². The van der Waals surface area contributed by atoms with Gasteiger partial charge in [0, 0.05) is 22.9 Å². The van der Waals surface area contributed by atoms with Gasteiger partial charge in [0.05, 0.1) is 15.6 Å². The summed E-state index contributed by atoms with van der Waals surface area (Å²) in [7, 11) is -2.42. The minimum Gasteiger partial charge on any atom is -0.268 e. The topological polar surface area (TPSA) is 177 Å². The lowest BCUT2D eigenvalue weighted by Gasteiger charge is -2.08. The maximum Gasteiger partial charge on any atom is 0.296 e. The van der Waals surface area contributed by atoms with E-state index in [1.165, 1.54) is 37.4 Å². The lowest BCUT2D eigenvalue weighted by molar-refractivity contribution is -0.384. The smallest absolute Gasteiger partial charge is 0.268 e. The molecule has 2 aromatic carbocycles. The van der Waals surface area contributed by atoms with Gasteiger partial charge in [0.15, 0.2) is 5.82 Å². The number of non-ortho nitro benzene ring substituents is 1. The number of benzene rings is 2. The molecule has 1 amide bonds. The van der Waals surface area contributed by atoms with Crippen molar-refractivity contribution in [3.05, 3.63) is 57.5 Å². The van der Waals surface area contributed by atoms with E-state index >= 15 is 0 Å². The molecule has 0 aliphatic rings. The molecule has 0 bridgehead atoms. The molecule has 1 aromatic heterocycles. The van der Waals surface area contributed by atoms with Crippen molar-refractivity contribution in [3.8, 4) is 22.5 Å². The van der Waals surface area contributed by atoms with Crippen LogP contribution < -0.4 is 4.72 Å². The summed E-state index contributed by atoms with van der Waals surface area (Å²) < 4.78 is 26.4. The normalized spacial score (nSPS) is 11.3. The average molecular weight is 462 g/mol. The number of carbonyl (C=O) groups excluding carboxylic acids is 1. The van der Waals surface area contributed by atoms with Crippen molar-refractivity contribution >= 4 is 33.4 Å². The molecule has 0 spiro atoms. The number of nitrogens with one attached hydrogen (secondary N) is 2. The molecule has 0 aliphatic carbocycles. The van der Waals surface area contributed by atoms with E-state index in [-0.39, 0.29) is 27.3 Å². The van der Waals surface area contributed by atoms with Crippen LogP contribution in [0.1, 0.15) is 0 Å². The Morgan fingerprint density at radius 3 is 2.65 bits per heavy atom. The van der Waals surface area contributed by atoms with Crippen LogP contribution >= 0.6 is 11.8 Å². The van der Waals surface area contributed by atoms with Crippen molar-refractivity contribution < 1.29 is 18.1 Å². The predicted octanol–water partition coefficient (Wildman–Crippen LogP) is 2.34. The summed E-state index contributed by atoms with van der Waals surface area (Å²) in [5.74, 6) is -0.920. The minimum absolute atomic E-state index is 0.00682. The van der Waals surface area contributed by atoms with E-state index < -0.39 is 20.9 Å². The van der Waals surface area contributed by atoms with E-state index in [0.29, 0.717) is 16.7 Å². The number of nitro benzene ring substituents is 1. The Balaban J connectivity index is 2.03. The molecule has 31 heavy (non-hydrogen) atoms. The molecule has 14 heteroatoms. The van der Waals surface area contributed by atoms with Crippen LogP contribution in [0.15, 0.2) is 57.7 Å². The van der Waals surface area contributed by atoms with Crippen LogP contribution in [0.3, 0.4) is 0 Å². The number of sulfonamides is 1. The zero-order valence-electron chi connectivity index (χ0n) is 15.8. The summed E-state index contributed by atoms with van der Waals surface area (Å²) in [5, 5.41) is 20.4. The summed E-state index contributed by atoms with van der Waals surface area (Å²) in [5.41, 5.74) is 0.923. The number of nitrogens with zero attached hydrogens (tertiary/aromatic N) is 4. The van der Waals surface area contributed by atoms with Gasteiger partial charge in [-0.15, -0.1) is 10.0 Å². The van der Waals surface area contributed by atoms with Crippen LogP contribution in [-0.4, -0.2) is 47.2 Å². The number of H-pyrrole nitrogens is 1. The molecule has 3 rings (SSSR count). The average Bonchev–Trinajstić information content (AvgIpc) is 3.26. The van der Waals surface area contributed by atoms with E-state index in [4.69, 9.17) is 0 Å². The molecule has 12 nitrogen and oxygen atoms in total. The number of amides is 1. The second-order valence-electron chi connectivity index (χ2n) is 6.00. The third-order valence-corrected chi connectivity index (χ3v) is 6.28. The highest BCUT2D eigenvalue weighted by molar-refractivity contribution is 7.99. The van der Waals surface area contributed by atoms with E-state index in [9.17, 15) is 28.2 Å². The second-order valence-corrected chi connectivity index (χ2v) is 8.83. The number of aromatic nitrogens is 3. The Kier molecular flexibility index (Phi) is 6.53. The third-order valence-electron chi connectivity index (χ3n) is 4.04. The molecule has 160 valence electrons. The van der Waals surface area contributed by atoms with Crippen molar-refractivity contribution in [2.75, 3.05) is 12.8 Å². The molecular formula is C17H14N6O6S2. The van der Waals surface area contributed by atoms with Crippen molar-refractivity contribution in [1.82, 2.24) is 19.9 Å². The Bertz CT molecular complexity index is 1270. The largest absolute Gasteiger partial charge is 0.296 e. The van der Waals surface area contributed by atoms with Gasteiger partial charge >= 0.3 is 0 Å². The summed E-state index contributed by atoms with van der Waals surface area (Å²) in [6.45, 7) is 0. The van der Waals surface area contributed by atoms with Gasteiger partial charge in [-0.05, 0) is 36.4 Å². The highest BCUT2D eigenvalue weighted by atomic mass is 32.2. The van der Waals surface area contributed by atoms with Gasteiger partial charge in [-0.1, -0.05) is 23.9 Å². The van der Waals surface area contributed by atoms with Gasteiger partial charge in [0.2, 0.25) is 15.2 Å². The second kappa shape index (κ2) is 9.11.